The van der Waals surface area contributed by atoms with E-state index in [0.717, 1.165) is 0 Å². The molecule has 0 heterocycles. The normalized spacial score (nSPS) is 11.6. The summed E-state index contributed by atoms with van der Waals surface area (Å²) in [6, 6.07) is 6.11. The first-order valence-corrected chi connectivity index (χ1v) is 4.35. The van der Waals surface area contributed by atoms with Gasteiger partial charge in [-0.1, -0.05) is 18.2 Å². The highest BCUT2D eigenvalue weighted by Crippen LogP contribution is 2.24. The van der Waals surface area contributed by atoms with Gasteiger partial charge in [0.15, 0.2) is 0 Å². The van der Waals surface area contributed by atoms with E-state index >= 15 is 0 Å². The van der Waals surface area contributed by atoms with E-state index in [-0.39, 0.29) is 24.1 Å². The fraction of sp³-hybridized carbons (Fsp3) is 0.333. The Balaban J connectivity index is 0.00000196. The number of halogens is 1. The van der Waals surface area contributed by atoms with Gasteiger partial charge in [-0.2, -0.15) is 0 Å². The molecule has 0 saturated carbocycles. The van der Waals surface area contributed by atoms with Crippen LogP contribution in [0, 0.1) is 10.1 Å². The molecular formula is C9H14ClN3O2. The average molecular weight is 232 g/mol. The topological polar surface area (TPSA) is 95.2 Å². The highest BCUT2D eigenvalue weighted by Gasteiger charge is 2.17. The number of para-hydroxylation sites is 1. The molecule has 0 radical (unpaired) electrons. The molecule has 1 rings (SSSR count). The molecule has 84 valence electrons. The second-order valence-electron chi connectivity index (χ2n) is 3.00. The van der Waals surface area contributed by atoms with Crippen LogP contribution in [0.1, 0.15) is 18.0 Å². The van der Waals surface area contributed by atoms with Gasteiger partial charge in [-0.05, 0) is 13.0 Å². The van der Waals surface area contributed by atoms with Crippen LogP contribution < -0.4 is 11.5 Å². The average Bonchev–Trinajstić information content (AvgIpc) is 2.18. The standard InChI is InChI=1S/C9H13N3O2.ClH/c10-6-5-8(11)7-3-1-2-4-9(7)12(13)14;/h1-4,8H,5-6,10-11H2;1H/t8-;/m0./s1. The van der Waals surface area contributed by atoms with E-state index in [9.17, 15) is 10.1 Å². The predicted octanol–water partition coefficient (Wildman–Crippen LogP) is 1.37. The van der Waals surface area contributed by atoms with E-state index in [1.54, 1.807) is 18.2 Å². The van der Waals surface area contributed by atoms with Gasteiger partial charge in [0.05, 0.1) is 4.92 Å². The Morgan fingerprint density at radius 2 is 2.00 bits per heavy atom. The molecule has 1 aromatic carbocycles. The molecule has 0 bridgehead atoms. The summed E-state index contributed by atoms with van der Waals surface area (Å²) < 4.78 is 0. The van der Waals surface area contributed by atoms with Crippen molar-refractivity contribution in [2.45, 2.75) is 12.5 Å². The number of hydrogen-bond acceptors (Lipinski definition) is 4. The summed E-state index contributed by atoms with van der Waals surface area (Å²) in [5.41, 5.74) is 11.7. The molecule has 0 aliphatic heterocycles. The van der Waals surface area contributed by atoms with E-state index in [2.05, 4.69) is 0 Å². The van der Waals surface area contributed by atoms with Gasteiger partial charge in [0, 0.05) is 17.7 Å². The third-order valence-electron chi connectivity index (χ3n) is 2.01. The Morgan fingerprint density at radius 3 is 2.53 bits per heavy atom. The Bertz CT molecular complexity index is 333. The summed E-state index contributed by atoms with van der Waals surface area (Å²) >= 11 is 0. The Morgan fingerprint density at radius 1 is 1.40 bits per heavy atom. The Labute approximate surface area is 94.0 Å². The summed E-state index contributed by atoms with van der Waals surface area (Å²) in [5.74, 6) is 0. The minimum atomic E-state index is -0.425. The molecule has 0 saturated heterocycles. The van der Waals surface area contributed by atoms with Crippen molar-refractivity contribution in [2.24, 2.45) is 11.5 Å². The first-order chi connectivity index (χ1) is 6.66. The molecule has 0 aliphatic carbocycles. The van der Waals surface area contributed by atoms with E-state index < -0.39 is 4.92 Å². The van der Waals surface area contributed by atoms with Gasteiger partial charge in [0.25, 0.3) is 5.69 Å². The number of nitrogens with zero attached hydrogens (tertiary/aromatic N) is 1. The monoisotopic (exact) mass is 231 g/mol. The molecule has 6 heteroatoms. The molecule has 0 aromatic heterocycles. The lowest BCUT2D eigenvalue weighted by Crippen LogP contribution is -2.16. The number of nitrogens with two attached hydrogens (primary N) is 2. The van der Waals surface area contributed by atoms with Crippen molar-refractivity contribution >= 4 is 18.1 Å². The van der Waals surface area contributed by atoms with Gasteiger partial charge in [-0.3, -0.25) is 10.1 Å². The first-order valence-electron chi connectivity index (χ1n) is 4.35. The lowest BCUT2D eigenvalue weighted by atomic mass is 10.0. The van der Waals surface area contributed by atoms with Crippen molar-refractivity contribution in [3.63, 3.8) is 0 Å². The summed E-state index contributed by atoms with van der Waals surface area (Å²) in [7, 11) is 0. The molecule has 15 heavy (non-hydrogen) atoms. The number of nitro benzene ring substituents is 1. The van der Waals surface area contributed by atoms with Crippen LogP contribution in [0.15, 0.2) is 24.3 Å². The van der Waals surface area contributed by atoms with Crippen molar-refractivity contribution in [3.05, 3.63) is 39.9 Å². The van der Waals surface area contributed by atoms with Gasteiger partial charge >= 0.3 is 0 Å². The quantitative estimate of drug-likeness (QED) is 0.604. The maximum absolute atomic E-state index is 10.6. The third kappa shape index (κ3) is 3.47. The maximum Gasteiger partial charge on any atom is 0.274 e. The van der Waals surface area contributed by atoms with E-state index in [0.29, 0.717) is 18.5 Å². The summed E-state index contributed by atoms with van der Waals surface area (Å²) in [6.45, 7) is 0.424. The zero-order valence-electron chi connectivity index (χ0n) is 8.13. The number of benzene rings is 1. The Kier molecular flexibility index (Phi) is 5.84. The largest absolute Gasteiger partial charge is 0.330 e. The minimum absolute atomic E-state index is 0. The van der Waals surface area contributed by atoms with Crippen molar-refractivity contribution in [1.29, 1.82) is 0 Å². The van der Waals surface area contributed by atoms with E-state index in [4.69, 9.17) is 11.5 Å². The highest BCUT2D eigenvalue weighted by molar-refractivity contribution is 5.85. The van der Waals surface area contributed by atoms with Crippen LogP contribution in [0.2, 0.25) is 0 Å². The van der Waals surface area contributed by atoms with Crippen molar-refractivity contribution in [1.82, 2.24) is 0 Å². The molecule has 0 aliphatic rings. The molecular weight excluding hydrogens is 218 g/mol. The van der Waals surface area contributed by atoms with Crippen LogP contribution >= 0.6 is 12.4 Å². The summed E-state index contributed by atoms with van der Waals surface area (Å²) in [6.07, 6.45) is 0.546. The second kappa shape index (κ2) is 6.34. The molecule has 5 nitrogen and oxygen atoms in total. The number of rotatable bonds is 4. The van der Waals surface area contributed by atoms with Gasteiger partial charge in [0.1, 0.15) is 0 Å². The van der Waals surface area contributed by atoms with Crippen LogP contribution in [0.25, 0.3) is 0 Å². The summed E-state index contributed by atoms with van der Waals surface area (Å²) in [4.78, 5) is 10.2. The smallest absolute Gasteiger partial charge is 0.274 e. The van der Waals surface area contributed by atoms with Crippen LogP contribution in [0.3, 0.4) is 0 Å². The number of nitro groups is 1. The molecule has 0 fully saturated rings. The Hall–Kier alpha value is -1.17. The molecule has 0 amide bonds. The lowest BCUT2D eigenvalue weighted by Gasteiger charge is -2.10. The van der Waals surface area contributed by atoms with Crippen molar-refractivity contribution in [3.8, 4) is 0 Å². The van der Waals surface area contributed by atoms with Gasteiger partial charge in [-0.25, -0.2) is 0 Å². The molecule has 0 spiro atoms. The molecule has 1 atom stereocenters. The fourth-order valence-electron chi connectivity index (χ4n) is 1.30. The minimum Gasteiger partial charge on any atom is -0.330 e. The molecule has 4 N–H and O–H groups in total. The number of hydrogen-bond donors (Lipinski definition) is 2. The SMILES string of the molecule is Cl.NCC[C@H](N)c1ccccc1[N+](=O)[O-]. The molecule has 1 aromatic rings. The zero-order chi connectivity index (χ0) is 10.6. The van der Waals surface area contributed by atoms with Crippen LogP contribution in [-0.2, 0) is 0 Å². The second-order valence-corrected chi connectivity index (χ2v) is 3.00. The van der Waals surface area contributed by atoms with Crippen LogP contribution in [-0.4, -0.2) is 11.5 Å². The van der Waals surface area contributed by atoms with Crippen molar-refractivity contribution < 1.29 is 4.92 Å². The van der Waals surface area contributed by atoms with Gasteiger partial charge in [-0.15, -0.1) is 12.4 Å². The maximum atomic E-state index is 10.6. The van der Waals surface area contributed by atoms with Crippen LogP contribution in [0.5, 0.6) is 0 Å². The summed E-state index contributed by atoms with van der Waals surface area (Å²) in [5, 5.41) is 10.6. The van der Waals surface area contributed by atoms with Crippen LogP contribution in [0.4, 0.5) is 5.69 Å². The van der Waals surface area contributed by atoms with Gasteiger partial charge in [0.2, 0.25) is 0 Å². The van der Waals surface area contributed by atoms with Crippen molar-refractivity contribution in [2.75, 3.05) is 6.54 Å². The fourth-order valence-corrected chi connectivity index (χ4v) is 1.30. The molecule has 0 unspecified atom stereocenters. The predicted molar refractivity (Wildman–Crippen MR) is 60.9 cm³/mol. The third-order valence-corrected chi connectivity index (χ3v) is 2.01. The first kappa shape index (κ1) is 13.8. The van der Waals surface area contributed by atoms with E-state index in [1.807, 2.05) is 0 Å². The van der Waals surface area contributed by atoms with E-state index in [1.165, 1.54) is 6.07 Å². The lowest BCUT2D eigenvalue weighted by molar-refractivity contribution is -0.385. The van der Waals surface area contributed by atoms with Gasteiger partial charge < -0.3 is 11.5 Å². The highest BCUT2D eigenvalue weighted by atomic mass is 35.5. The zero-order valence-corrected chi connectivity index (χ0v) is 8.94.